The number of anilines is 1. The molecule has 0 aliphatic carbocycles. The first kappa shape index (κ1) is 19.6. The Balaban J connectivity index is 1.89. The zero-order valence-electron chi connectivity index (χ0n) is 15.2. The fourth-order valence-electron chi connectivity index (χ4n) is 2.77. The van der Waals surface area contributed by atoms with E-state index in [4.69, 9.17) is 4.74 Å². The zero-order valence-corrected chi connectivity index (χ0v) is 15.2. The Kier molecular flexibility index (Phi) is 6.12. The van der Waals surface area contributed by atoms with Gasteiger partial charge in [-0.2, -0.15) is 0 Å². The van der Waals surface area contributed by atoms with Crippen molar-refractivity contribution in [2.45, 2.75) is 45.6 Å². The maximum absolute atomic E-state index is 12.2. The van der Waals surface area contributed by atoms with Crippen LogP contribution in [0.5, 0.6) is 0 Å². The van der Waals surface area contributed by atoms with Crippen molar-refractivity contribution in [2.24, 2.45) is 5.92 Å². The van der Waals surface area contributed by atoms with Crippen LogP contribution in [0.4, 0.5) is 16.4 Å². The van der Waals surface area contributed by atoms with Gasteiger partial charge in [-0.1, -0.05) is 0 Å². The van der Waals surface area contributed by atoms with Crippen molar-refractivity contribution in [3.8, 4) is 0 Å². The number of nitrogens with zero attached hydrogens (tertiary/aromatic N) is 3. The second-order valence-electron chi connectivity index (χ2n) is 7.33. The summed E-state index contributed by atoms with van der Waals surface area (Å²) in [6, 6.07) is 4.22. The van der Waals surface area contributed by atoms with E-state index in [9.17, 15) is 19.7 Å². The lowest BCUT2D eigenvalue weighted by Crippen LogP contribution is -2.43. The lowest BCUT2D eigenvalue weighted by molar-refractivity contribution is -0.389. The number of ether oxygens (including phenoxy) is 1. The van der Waals surface area contributed by atoms with E-state index >= 15 is 0 Å². The molecule has 1 aliphatic rings. The number of pyridine rings is 1. The van der Waals surface area contributed by atoms with Crippen LogP contribution in [0.15, 0.2) is 18.2 Å². The van der Waals surface area contributed by atoms with E-state index in [0.29, 0.717) is 13.1 Å². The van der Waals surface area contributed by atoms with E-state index < -0.39 is 10.5 Å². The molecule has 0 bridgehead atoms. The molecule has 1 aliphatic heterocycles. The highest BCUT2D eigenvalue weighted by Crippen LogP contribution is 2.22. The standard InChI is InChI=1S/C17H24N4O5/c1-17(2,3)26-16(23)20-9-5-6-12(11-20)10-15(22)19-13-7-4-8-14(18-13)21(24)25/h4,7-8,12H,5-6,9-11H2,1-3H3,(H,18,19,22). The number of amides is 2. The van der Waals surface area contributed by atoms with Crippen LogP contribution in [-0.2, 0) is 9.53 Å². The molecule has 2 heterocycles. The summed E-state index contributed by atoms with van der Waals surface area (Å²) in [5, 5.41) is 13.3. The smallest absolute Gasteiger partial charge is 0.410 e. The molecule has 1 fully saturated rings. The SMILES string of the molecule is CC(C)(C)OC(=O)N1CCCC(CC(=O)Nc2cccc([N+](=O)[O-])n2)C1. The van der Waals surface area contributed by atoms with Crippen molar-refractivity contribution < 1.29 is 19.2 Å². The van der Waals surface area contributed by atoms with Crippen molar-refractivity contribution in [2.75, 3.05) is 18.4 Å². The van der Waals surface area contributed by atoms with E-state index in [-0.39, 0.29) is 36.0 Å². The number of carbonyl (C=O) groups is 2. The highest BCUT2D eigenvalue weighted by molar-refractivity contribution is 5.90. The number of nitrogens with one attached hydrogen (secondary N) is 1. The Morgan fingerprint density at radius 1 is 1.42 bits per heavy atom. The van der Waals surface area contributed by atoms with Crippen molar-refractivity contribution >= 4 is 23.6 Å². The molecule has 0 radical (unpaired) electrons. The second kappa shape index (κ2) is 8.11. The van der Waals surface area contributed by atoms with Crippen LogP contribution in [0.2, 0.25) is 0 Å². The van der Waals surface area contributed by atoms with Gasteiger partial charge in [-0.05, 0) is 55.5 Å². The van der Waals surface area contributed by atoms with Gasteiger partial charge in [0.25, 0.3) is 0 Å². The van der Waals surface area contributed by atoms with Crippen LogP contribution < -0.4 is 5.32 Å². The minimum Gasteiger partial charge on any atom is -0.444 e. The van der Waals surface area contributed by atoms with Crippen LogP contribution >= 0.6 is 0 Å². The van der Waals surface area contributed by atoms with Gasteiger partial charge in [-0.3, -0.25) is 10.1 Å². The molecule has 0 aromatic carbocycles. The van der Waals surface area contributed by atoms with Gasteiger partial charge in [-0.15, -0.1) is 0 Å². The number of nitro groups is 1. The molecule has 0 spiro atoms. The normalized spacial score (nSPS) is 17.5. The third kappa shape index (κ3) is 5.98. The van der Waals surface area contributed by atoms with Gasteiger partial charge in [-0.25, -0.2) is 4.79 Å². The molecule has 0 saturated carbocycles. The number of likely N-dealkylation sites (tertiary alicyclic amines) is 1. The minimum absolute atomic E-state index is 0.00923. The molecule has 9 heteroatoms. The molecular weight excluding hydrogens is 340 g/mol. The first-order valence-corrected chi connectivity index (χ1v) is 8.53. The van der Waals surface area contributed by atoms with Gasteiger partial charge >= 0.3 is 11.9 Å². The molecule has 1 saturated heterocycles. The molecule has 1 aromatic heterocycles. The van der Waals surface area contributed by atoms with E-state index in [1.165, 1.54) is 18.2 Å². The first-order chi connectivity index (χ1) is 12.1. The Labute approximate surface area is 151 Å². The van der Waals surface area contributed by atoms with E-state index in [2.05, 4.69) is 10.3 Å². The highest BCUT2D eigenvalue weighted by Gasteiger charge is 2.29. The Morgan fingerprint density at radius 3 is 2.81 bits per heavy atom. The summed E-state index contributed by atoms with van der Waals surface area (Å²) in [4.78, 5) is 39.9. The van der Waals surface area contributed by atoms with Crippen LogP contribution in [0.25, 0.3) is 0 Å². The average Bonchev–Trinajstić information content (AvgIpc) is 2.53. The zero-order chi connectivity index (χ0) is 19.3. The number of hydrogen-bond acceptors (Lipinski definition) is 6. The summed E-state index contributed by atoms with van der Waals surface area (Å²) in [5.41, 5.74) is -0.560. The lowest BCUT2D eigenvalue weighted by atomic mass is 9.94. The third-order valence-electron chi connectivity index (χ3n) is 3.83. The first-order valence-electron chi connectivity index (χ1n) is 8.53. The van der Waals surface area contributed by atoms with Crippen LogP contribution in [-0.4, -0.2) is 45.5 Å². The number of carbonyl (C=O) groups excluding carboxylic acids is 2. The molecule has 26 heavy (non-hydrogen) atoms. The van der Waals surface area contributed by atoms with Gasteiger partial charge in [0.15, 0.2) is 0 Å². The predicted molar refractivity (Wildman–Crippen MR) is 94.7 cm³/mol. The summed E-state index contributed by atoms with van der Waals surface area (Å²) in [6.45, 7) is 6.49. The molecule has 9 nitrogen and oxygen atoms in total. The largest absolute Gasteiger partial charge is 0.444 e. The molecule has 1 aromatic rings. The number of rotatable bonds is 4. The summed E-state index contributed by atoms with van der Waals surface area (Å²) >= 11 is 0. The van der Waals surface area contributed by atoms with Gasteiger partial charge in [0.2, 0.25) is 11.7 Å². The molecule has 1 atom stereocenters. The number of aromatic nitrogens is 1. The molecular formula is C17H24N4O5. The summed E-state index contributed by atoms with van der Waals surface area (Å²) < 4.78 is 5.37. The minimum atomic E-state index is -0.616. The lowest BCUT2D eigenvalue weighted by Gasteiger charge is -2.33. The van der Waals surface area contributed by atoms with Gasteiger partial charge in [0, 0.05) is 31.6 Å². The Morgan fingerprint density at radius 2 is 2.15 bits per heavy atom. The molecule has 2 amide bonds. The molecule has 1 N–H and O–H groups in total. The van der Waals surface area contributed by atoms with Crippen molar-refractivity contribution in [3.05, 3.63) is 28.3 Å². The van der Waals surface area contributed by atoms with Crippen LogP contribution in [0, 0.1) is 16.0 Å². The fraction of sp³-hybridized carbons (Fsp3) is 0.588. The monoisotopic (exact) mass is 364 g/mol. The number of hydrogen-bond donors (Lipinski definition) is 1. The van der Waals surface area contributed by atoms with E-state index in [1.807, 2.05) is 20.8 Å². The summed E-state index contributed by atoms with van der Waals surface area (Å²) in [6.07, 6.45) is 1.47. The predicted octanol–water partition coefficient (Wildman–Crippen LogP) is 2.97. The quantitative estimate of drug-likeness (QED) is 0.649. The maximum atomic E-state index is 12.2. The Bertz CT molecular complexity index is 686. The second-order valence-corrected chi connectivity index (χ2v) is 7.33. The van der Waals surface area contributed by atoms with Crippen molar-refractivity contribution in [1.82, 2.24) is 9.88 Å². The van der Waals surface area contributed by atoms with E-state index in [0.717, 1.165) is 12.8 Å². The number of piperidine rings is 1. The topological polar surface area (TPSA) is 115 Å². The molecule has 1 unspecified atom stereocenters. The van der Waals surface area contributed by atoms with Crippen LogP contribution in [0.3, 0.4) is 0 Å². The summed E-state index contributed by atoms with van der Waals surface area (Å²) in [7, 11) is 0. The third-order valence-corrected chi connectivity index (χ3v) is 3.83. The van der Waals surface area contributed by atoms with Gasteiger partial charge < -0.3 is 19.8 Å². The van der Waals surface area contributed by atoms with Gasteiger partial charge in [0.05, 0.1) is 0 Å². The van der Waals surface area contributed by atoms with Crippen molar-refractivity contribution in [1.29, 1.82) is 0 Å². The molecule has 142 valence electrons. The average molecular weight is 364 g/mol. The van der Waals surface area contributed by atoms with E-state index in [1.54, 1.807) is 4.90 Å². The van der Waals surface area contributed by atoms with Crippen LogP contribution in [0.1, 0.15) is 40.0 Å². The molecule has 2 rings (SSSR count). The highest BCUT2D eigenvalue weighted by atomic mass is 16.6. The maximum Gasteiger partial charge on any atom is 0.410 e. The van der Waals surface area contributed by atoms with Gasteiger partial charge in [0.1, 0.15) is 5.60 Å². The Hall–Kier alpha value is -2.71. The van der Waals surface area contributed by atoms with Crippen molar-refractivity contribution in [3.63, 3.8) is 0 Å². The fourth-order valence-corrected chi connectivity index (χ4v) is 2.77. The summed E-state index contributed by atoms with van der Waals surface area (Å²) in [5.74, 6) is -0.454.